The SMILES string of the molecule is COC(=O)COc1cc(C)c2c(c1)O/C(=C\c1c(Cl)cccc1Cl)C2=O. The van der Waals surface area contributed by atoms with Gasteiger partial charge in [-0.2, -0.15) is 0 Å². The van der Waals surface area contributed by atoms with Crippen LogP contribution in [0.25, 0.3) is 6.08 Å². The maximum Gasteiger partial charge on any atom is 0.343 e. The van der Waals surface area contributed by atoms with Crippen LogP contribution in [0.15, 0.2) is 36.1 Å². The molecular formula is C19H14Cl2O5. The number of hydrogen-bond donors (Lipinski definition) is 0. The third-order valence-electron chi connectivity index (χ3n) is 3.80. The van der Waals surface area contributed by atoms with Crippen LogP contribution in [0.5, 0.6) is 11.5 Å². The first kappa shape index (κ1) is 18.3. The Labute approximate surface area is 160 Å². The fraction of sp³-hybridized carbons (Fsp3) is 0.158. The number of halogens is 2. The lowest BCUT2D eigenvalue weighted by atomic mass is 10.0. The molecule has 0 spiro atoms. The molecule has 2 aromatic rings. The van der Waals surface area contributed by atoms with Gasteiger partial charge in [-0.3, -0.25) is 4.79 Å². The molecule has 0 aromatic heterocycles. The van der Waals surface area contributed by atoms with E-state index in [1.54, 1.807) is 37.3 Å². The van der Waals surface area contributed by atoms with Gasteiger partial charge in [0.15, 0.2) is 12.4 Å². The number of ketones is 1. The summed E-state index contributed by atoms with van der Waals surface area (Å²) in [6, 6.07) is 8.29. The summed E-state index contributed by atoms with van der Waals surface area (Å²) in [5.41, 5.74) is 1.61. The van der Waals surface area contributed by atoms with Gasteiger partial charge in [-0.05, 0) is 36.8 Å². The average Bonchev–Trinajstić information content (AvgIpc) is 2.92. The van der Waals surface area contributed by atoms with Gasteiger partial charge in [0.2, 0.25) is 5.78 Å². The summed E-state index contributed by atoms with van der Waals surface area (Å²) < 4.78 is 15.6. The fourth-order valence-corrected chi connectivity index (χ4v) is 3.05. The van der Waals surface area contributed by atoms with Gasteiger partial charge < -0.3 is 14.2 Å². The van der Waals surface area contributed by atoms with Crippen LogP contribution in [0.4, 0.5) is 0 Å². The topological polar surface area (TPSA) is 61.8 Å². The average molecular weight is 393 g/mol. The summed E-state index contributed by atoms with van der Waals surface area (Å²) in [7, 11) is 1.28. The minimum atomic E-state index is -0.505. The smallest absolute Gasteiger partial charge is 0.343 e. The number of esters is 1. The molecule has 0 amide bonds. The molecule has 5 nitrogen and oxygen atoms in total. The normalized spacial score (nSPS) is 14.2. The minimum Gasteiger partial charge on any atom is -0.482 e. The Balaban J connectivity index is 1.92. The van der Waals surface area contributed by atoms with Crippen molar-refractivity contribution in [3.05, 3.63) is 62.8 Å². The fourth-order valence-electron chi connectivity index (χ4n) is 2.54. The second-order valence-electron chi connectivity index (χ2n) is 5.55. The van der Waals surface area contributed by atoms with Gasteiger partial charge in [0.05, 0.1) is 12.7 Å². The first-order valence-electron chi connectivity index (χ1n) is 7.63. The molecule has 7 heteroatoms. The molecule has 134 valence electrons. The van der Waals surface area contributed by atoms with Crippen LogP contribution in [0.3, 0.4) is 0 Å². The number of allylic oxidation sites excluding steroid dienone is 1. The molecule has 0 unspecified atom stereocenters. The van der Waals surface area contributed by atoms with Crippen LogP contribution in [0, 0.1) is 6.92 Å². The van der Waals surface area contributed by atoms with Crippen LogP contribution in [-0.2, 0) is 9.53 Å². The molecule has 26 heavy (non-hydrogen) atoms. The molecule has 0 saturated carbocycles. The number of hydrogen-bond acceptors (Lipinski definition) is 5. The van der Waals surface area contributed by atoms with Gasteiger partial charge in [0, 0.05) is 21.7 Å². The molecule has 0 saturated heterocycles. The van der Waals surface area contributed by atoms with Crippen molar-refractivity contribution in [3.8, 4) is 11.5 Å². The number of Topliss-reactive ketones (excluding diaryl/α,β-unsaturated/α-hetero) is 1. The van der Waals surface area contributed by atoms with E-state index in [0.29, 0.717) is 38.2 Å². The summed E-state index contributed by atoms with van der Waals surface area (Å²) >= 11 is 12.3. The van der Waals surface area contributed by atoms with E-state index >= 15 is 0 Å². The highest BCUT2D eigenvalue weighted by Gasteiger charge is 2.30. The first-order chi connectivity index (χ1) is 12.4. The van der Waals surface area contributed by atoms with E-state index in [9.17, 15) is 9.59 Å². The van der Waals surface area contributed by atoms with Crippen molar-refractivity contribution in [1.82, 2.24) is 0 Å². The molecular weight excluding hydrogens is 379 g/mol. The lowest BCUT2D eigenvalue weighted by molar-refractivity contribution is -0.142. The highest BCUT2D eigenvalue weighted by Crippen LogP contribution is 2.38. The van der Waals surface area contributed by atoms with E-state index in [4.69, 9.17) is 32.7 Å². The van der Waals surface area contributed by atoms with Crippen molar-refractivity contribution < 1.29 is 23.8 Å². The Kier molecular flexibility index (Phi) is 5.20. The number of ether oxygens (including phenoxy) is 3. The van der Waals surface area contributed by atoms with E-state index in [0.717, 1.165) is 0 Å². The van der Waals surface area contributed by atoms with E-state index < -0.39 is 5.97 Å². The zero-order chi connectivity index (χ0) is 18.8. The first-order valence-corrected chi connectivity index (χ1v) is 8.39. The van der Waals surface area contributed by atoms with Crippen molar-refractivity contribution in [3.63, 3.8) is 0 Å². The molecule has 0 bridgehead atoms. The zero-order valence-corrected chi connectivity index (χ0v) is 15.5. The standard InChI is InChI=1S/C19H14Cl2O5/c1-10-6-11(25-9-17(22)24-2)7-15-18(10)19(23)16(26-15)8-12-13(20)4-3-5-14(12)21/h3-8H,9H2,1-2H3/b16-8-. The van der Waals surface area contributed by atoms with Gasteiger partial charge in [-0.1, -0.05) is 29.3 Å². The third kappa shape index (κ3) is 3.54. The summed E-state index contributed by atoms with van der Waals surface area (Å²) in [5.74, 6) is 0.0890. The Morgan fingerprint density at radius 3 is 2.58 bits per heavy atom. The van der Waals surface area contributed by atoms with Crippen LogP contribution >= 0.6 is 23.2 Å². The highest BCUT2D eigenvalue weighted by atomic mass is 35.5. The summed E-state index contributed by atoms with van der Waals surface area (Å²) in [6.07, 6.45) is 1.52. The molecule has 0 radical (unpaired) electrons. The number of rotatable bonds is 4. The Hall–Kier alpha value is -2.50. The van der Waals surface area contributed by atoms with Crippen LogP contribution < -0.4 is 9.47 Å². The molecule has 2 aromatic carbocycles. The minimum absolute atomic E-state index is 0.114. The van der Waals surface area contributed by atoms with Gasteiger partial charge in [-0.15, -0.1) is 0 Å². The van der Waals surface area contributed by atoms with Gasteiger partial charge in [0.1, 0.15) is 11.5 Å². The van der Waals surface area contributed by atoms with Gasteiger partial charge >= 0.3 is 5.97 Å². The molecule has 1 aliphatic heterocycles. The number of methoxy groups -OCH3 is 1. The van der Waals surface area contributed by atoms with Crippen molar-refractivity contribution >= 4 is 41.0 Å². The lowest BCUT2D eigenvalue weighted by Crippen LogP contribution is -2.12. The maximum absolute atomic E-state index is 12.7. The second kappa shape index (κ2) is 7.40. The van der Waals surface area contributed by atoms with Crippen LogP contribution in [0.2, 0.25) is 10.0 Å². The van der Waals surface area contributed by atoms with Crippen LogP contribution in [-0.4, -0.2) is 25.5 Å². The maximum atomic E-state index is 12.7. The number of carbonyl (C=O) groups excluding carboxylic acids is 2. The largest absolute Gasteiger partial charge is 0.482 e. The molecule has 1 aliphatic rings. The van der Waals surface area contributed by atoms with Crippen LogP contribution in [0.1, 0.15) is 21.5 Å². The molecule has 0 aliphatic carbocycles. The summed E-state index contributed by atoms with van der Waals surface area (Å²) in [6.45, 7) is 1.52. The molecule has 1 heterocycles. The van der Waals surface area contributed by atoms with Crippen molar-refractivity contribution in [2.45, 2.75) is 6.92 Å². The number of fused-ring (bicyclic) bond motifs is 1. The zero-order valence-electron chi connectivity index (χ0n) is 14.0. The predicted molar refractivity (Wildman–Crippen MR) is 98.1 cm³/mol. The van der Waals surface area contributed by atoms with E-state index in [1.807, 2.05) is 0 Å². The molecule has 0 atom stereocenters. The molecule has 0 fully saturated rings. The summed E-state index contributed by atoms with van der Waals surface area (Å²) in [5, 5.41) is 0.826. The van der Waals surface area contributed by atoms with Gasteiger partial charge in [0.25, 0.3) is 0 Å². The van der Waals surface area contributed by atoms with Crippen molar-refractivity contribution in [2.75, 3.05) is 13.7 Å². The lowest BCUT2D eigenvalue weighted by Gasteiger charge is -2.08. The Morgan fingerprint density at radius 2 is 1.92 bits per heavy atom. The van der Waals surface area contributed by atoms with Crippen molar-refractivity contribution in [2.24, 2.45) is 0 Å². The quantitative estimate of drug-likeness (QED) is 0.567. The summed E-state index contributed by atoms with van der Waals surface area (Å²) in [4.78, 5) is 23.9. The van der Waals surface area contributed by atoms with Gasteiger partial charge in [-0.25, -0.2) is 4.79 Å². The number of benzene rings is 2. The Bertz CT molecular complexity index is 914. The van der Waals surface area contributed by atoms with Crippen molar-refractivity contribution in [1.29, 1.82) is 0 Å². The third-order valence-corrected chi connectivity index (χ3v) is 4.46. The second-order valence-corrected chi connectivity index (χ2v) is 6.37. The number of carbonyl (C=O) groups is 2. The highest BCUT2D eigenvalue weighted by molar-refractivity contribution is 6.37. The number of aryl methyl sites for hydroxylation is 1. The Morgan fingerprint density at radius 1 is 1.23 bits per heavy atom. The monoisotopic (exact) mass is 392 g/mol. The predicted octanol–water partition coefficient (Wildman–Crippen LogP) is 4.47. The van der Waals surface area contributed by atoms with E-state index in [2.05, 4.69) is 4.74 Å². The van der Waals surface area contributed by atoms with E-state index in [1.165, 1.54) is 13.2 Å². The molecule has 3 rings (SSSR count). The van der Waals surface area contributed by atoms with E-state index in [-0.39, 0.29) is 18.1 Å². The molecule has 0 N–H and O–H groups in total.